The van der Waals surface area contributed by atoms with Gasteiger partial charge in [0.1, 0.15) is 0 Å². The summed E-state index contributed by atoms with van der Waals surface area (Å²) in [7, 11) is -3.49. The molecule has 1 aromatic carbocycles. The van der Waals surface area contributed by atoms with Gasteiger partial charge < -0.3 is 0 Å². The van der Waals surface area contributed by atoms with Crippen molar-refractivity contribution in [2.75, 3.05) is 6.54 Å². The molecule has 0 bridgehead atoms. The lowest BCUT2D eigenvalue weighted by molar-refractivity contribution is 0.326. The Hall–Kier alpha value is -1.18. The van der Waals surface area contributed by atoms with E-state index < -0.39 is 10.0 Å². The van der Waals surface area contributed by atoms with Gasteiger partial charge in [-0.25, -0.2) is 8.42 Å². The van der Waals surface area contributed by atoms with Crippen LogP contribution in [0.3, 0.4) is 0 Å². The third-order valence-electron chi connectivity index (χ3n) is 4.23. The molecule has 0 saturated heterocycles. The van der Waals surface area contributed by atoms with Gasteiger partial charge in [-0.15, -0.1) is 0 Å². The minimum Gasteiger partial charge on any atom is -0.267 e. The van der Waals surface area contributed by atoms with Crippen LogP contribution in [0.4, 0.5) is 0 Å². The first kappa shape index (κ1) is 14.4. The maximum absolute atomic E-state index is 12.8. The molecule has 1 aromatic heterocycles. The van der Waals surface area contributed by atoms with Crippen LogP contribution in [-0.4, -0.2) is 29.0 Å². The molecule has 2 heterocycles. The van der Waals surface area contributed by atoms with E-state index in [4.69, 9.17) is 0 Å². The van der Waals surface area contributed by atoms with Crippen molar-refractivity contribution in [3.8, 4) is 0 Å². The summed E-state index contributed by atoms with van der Waals surface area (Å²) in [4.78, 5) is 0.324. The lowest BCUT2D eigenvalue weighted by Crippen LogP contribution is -2.38. The van der Waals surface area contributed by atoms with E-state index in [0.29, 0.717) is 34.9 Å². The molecular formula is C15H16BrN3O2S. The van der Waals surface area contributed by atoms with Crippen LogP contribution in [0.5, 0.6) is 0 Å². The fraction of sp³-hybridized carbons (Fsp3) is 0.400. The Bertz CT molecular complexity index is 827. The van der Waals surface area contributed by atoms with Crippen molar-refractivity contribution in [3.63, 3.8) is 0 Å². The third-order valence-corrected chi connectivity index (χ3v) is 7.09. The number of aromatic nitrogens is 2. The van der Waals surface area contributed by atoms with Crippen LogP contribution < -0.4 is 0 Å². The highest BCUT2D eigenvalue weighted by molar-refractivity contribution is 9.10. The molecule has 1 aliphatic carbocycles. The molecule has 7 heteroatoms. The summed E-state index contributed by atoms with van der Waals surface area (Å²) < 4.78 is 29.8. The summed E-state index contributed by atoms with van der Waals surface area (Å²) in [5.41, 5.74) is 2.11. The monoisotopic (exact) mass is 381 g/mol. The fourth-order valence-corrected chi connectivity index (χ4v) is 5.21. The van der Waals surface area contributed by atoms with E-state index in [1.54, 1.807) is 22.5 Å². The van der Waals surface area contributed by atoms with Gasteiger partial charge in [0.2, 0.25) is 10.0 Å². The normalized spacial score (nSPS) is 19.1. The molecule has 116 valence electrons. The van der Waals surface area contributed by atoms with Crippen molar-refractivity contribution in [1.29, 1.82) is 0 Å². The minimum atomic E-state index is -3.49. The van der Waals surface area contributed by atoms with Crippen molar-refractivity contribution >= 4 is 26.0 Å². The molecule has 0 radical (unpaired) electrons. The van der Waals surface area contributed by atoms with E-state index in [2.05, 4.69) is 27.1 Å². The molecule has 22 heavy (non-hydrogen) atoms. The first-order valence-corrected chi connectivity index (χ1v) is 9.60. The highest BCUT2D eigenvalue weighted by Crippen LogP contribution is 2.40. The van der Waals surface area contributed by atoms with E-state index >= 15 is 0 Å². The highest BCUT2D eigenvalue weighted by atomic mass is 79.9. The molecule has 1 saturated carbocycles. The summed E-state index contributed by atoms with van der Waals surface area (Å²) in [5, 5.41) is 4.61. The lowest BCUT2D eigenvalue weighted by atomic mass is 10.2. The third kappa shape index (κ3) is 2.41. The molecule has 1 fully saturated rings. The SMILES string of the molecule is O=S(=O)(c1ccccc1Br)N1CCn2nc(C3CC3)cc2C1. The van der Waals surface area contributed by atoms with Crippen LogP contribution in [0.2, 0.25) is 0 Å². The van der Waals surface area contributed by atoms with Gasteiger partial charge in [0.05, 0.1) is 29.4 Å². The summed E-state index contributed by atoms with van der Waals surface area (Å²) in [6.07, 6.45) is 2.41. The van der Waals surface area contributed by atoms with E-state index in [9.17, 15) is 8.42 Å². The van der Waals surface area contributed by atoms with Crippen molar-refractivity contribution in [3.05, 3.63) is 46.2 Å². The van der Waals surface area contributed by atoms with E-state index in [-0.39, 0.29) is 0 Å². The molecule has 0 amide bonds. The number of hydrogen-bond acceptors (Lipinski definition) is 3. The van der Waals surface area contributed by atoms with Crippen LogP contribution in [0.25, 0.3) is 0 Å². The van der Waals surface area contributed by atoms with Crippen LogP contribution in [0.1, 0.15) is 30.1 Å². The number of benzene rings is 1. The second-order valence-electron chi connectivity index (χ2n) is 5.83. The van der Waals surface area contributed by atoms with Crippen molar-refractivity contribution in [2.24, 2.45) is 0 Å². The van der Waals surface area contributed by atoms with Crippen molar-refractivity contribution in [1.82, 2.24) is 14.1 Å². The maximum Gasteiger partial charge on any atom is 0.244 e. The summed E-state index contributed by atoms with van der Waals surface area (Å²) in [6.45, 7) is 1.47. The average molecular weight is 382 g/mol. The molecule has 2 aromatic rings. The van der Waals surface area contributed by atoms with Gasteiger partial charge in [0, 0.05) is 16.9 Å². The minimum absolute atomic E-state index is 0.324. The highest BCUT2D eigenvalue weighted by Gasteiger charge is 2.33. The molecule has 0 unspecified atom stereocenters. The first-order chi connectivity index (χ1) is 10.6. The Morgan fingerprint density at radius 2 is 1.95 bits per heavy atom. The zero-order valence-electron chi connectivity index (χ0n) is 11.9. The number of rotatable bonds is 3. The largest absolute Gasteiger partial charge is 0.267 e. The molecule has 1 aliphatic heterocycles. The molecule has 4 rings (SSSR count). The van der Waals surface area contributed by atoms with Gasteiger partial charge in [-0.3, -0.25) is 4.68 Å². The van der Waals surface area contributed by atoms with Crippen molar-refractivity contribution < 1.29 is 8.42 Å². The van der Waals surface area contributed by atoms with Gasteiger partial charge in [-0.2, -0.15) is 9.40 Å². The summed E-state index contributed by atoms with van der Waals surface area (Å²) >= 11 is 3.34. The van der Waals surface area contributed by atoms with Gasteiger partial charge in [0.15, 0.2) is 0 Å². The number of sulfonamides is 1. The standard InChI is InChI=1S/C15H16BrN3O2S/c16-13-3-1-2-4-15(13)22(20,21)18-7-8-19-12(10-18)9-14(17-19)11-5-6-11/h1-4,9,11H,5-8,10H2. The molecular weight excluding hydrogens is 366 g/mol. The zero-order valence-corrected chi connectivity index (χ0v) is 14.3. The fourth-order valence-electron chi connectivity index (χ4n) is 2.84. The van der Waals surface area contributed by atoms with E-state index in [1.165, 1.54) is 12.8 Å². The van der Waals surface area contributed by atoms with Gasteiger partial charge in [-0.1, -0.05) is 12.1 Å². The van der Waals surface area contributed by atoms with Crippen molar-refractivity contribution in [2.45, 2.75) is 36.7 Å². The Morgan fingerprint density at radius 1 is 1.18 bits per heavy atom. The number of fused-ring (bicyclic) bond motifs is 1. The van der Waals surface area contributed by atoms with Gasteiger partial charge in [-0.05, 0) is 47.0 Å². The molecule has 0 N–H and O–H groups in total. The molecule has 5 nitrogen and oxygen atoms in total. The van der Waals surface area contributed by atoms with E-state index in [1.807, 2.05) is 10.7 Å². The second kappa shape index (κ2) is 5.18. The Balaban J connectivity index is 1.65. The second-order valence-corrected chi connectivity index (χ2v) is 8.59. The Kier molecular flexibility index (Phi) is 3.39. The van der Waals surface area contributed by atoms with Gasteiger partial charge in [0.25, 0.3) is 0 Å². The number of halogens is 1. The maximum atomic E-state index is 12.8. The summed E-state index contributed by atoms with van der Waals surface area (Å²) in [6, 6.07) is 9.03. The summed E-state index contributed by atoms with van der Waals surface area (Å²) in [5.74, 6) is 0.589. The van der Waals surface area contributed by atoms with Crippen LogP contribution in [-0.2, 0) is 23.1 Å². The lowest BCUT2D eigenvalue weighted by Gasteiger charge is -2.27. The molecule has 2 aliphatic rings. The predicted octanol–water partition coefficient (Wildman–Crippen LogP) is 2.73. The van der Waals surface area contributed by atoms with Crippen LogP contribution >= 0.6 is 15.9 Å². The first-order valence-electron chi connectivity index (χ1n) is 7.37. The molecule has 0 spiro atoms. The van der Waals surface area contributed by atoms with Crippen LogP contribution in [0.15, 0.2) is 39.7 Å². The average Bonchev–Trinajstić information content (AvgIpc) is 3.26. The van der Waals surface area contributed by atoms with Gasteiger partial charge >= 0.3 is 0 Å². The number of hydrogen-bond donors (Lipinski definition) is 0. The Morgan fingerprint density at radius 3 is 2.68 bits per heavy atom. The number of nitrogens with zero attached hydrogens (tertiary/aromatic N) is 3. The smallest absolute Gasteiger partial charge is 0.244 e. The Labute approximate surface area is 138 Å². The van der Waals surface area contributed by atoms with Crippen LogP contribution in [0, 0.1) is 0 Å². The quantitative estimate of drug-likeness (QED) is 0.820. The molecule has 0 atom stereocenters. The topological polar surface area (TPSA) is 55.2 Å². The van der Waals surface area contributed by atoms with E-state index in [0.717, 1.165) is 11.4 Å². The predicted molar refractivity (Wildman–Crippen MR) is 85.9 cm³/mol. The zero-order chi connectivity index (χ0) is 15.3.